The fourth-order valence-electron chi connectivity index (χ4n) is 2.11. The second-order valence-corrected chi connectivity index (χ2v) is 4.44. The zero-order chi connectivity index (χ0) is 11.8. The maximum atomic E-state index is 5.57. The van der Waals surface area contributed by atoms with Gasteiger partial charge in [0.05, 0.1) is 6.26 Å². The van der Waals surface area contributed by atoms with Gasteiger partial charge in [0.1, 0.15) is 5.58 Å². The van der Waals surface area contributed by atoms with Gasteiger partial charge in [0.25, 0.3) is 0 Å². The Morgan fingerprint density at radius 2 is 1.71 bits per heavy atom. The molecule has 0 atom stereocenters. The molecule has 1 aromatic heterocycles. The van der Waals surface area contributed by atoms with Crippen molar-refractivity contribution in [3.8, 4) is 11.1 Å². The van der Waals surface area contributed by atoms with Crippen LogP contribution in [0.1, 0.15) is 11.1 Å². The Balaban J connectivity index is 2.24. The molecule has 1 heteroatoms. The number of benzene rings is 2. The van der Waals surface area contributed by atoms with Crippen molar-refractivity contribution >= 4 is 11.0 Å². The van der Waals surface area contributed by atoms with Gasteiger partial charge in [-0.1, -0.05) is 36.4 Å². The first kappa shape index (κ1) is 10.2. The molecule has 0 aliphatic rings. The smallest absolute Gasteiger partial charge is 0.134 e. The third-order valence-electron chi connectivity index (χ3n) is 3.30. The summed E-state index contributed by atoms with van der Waals surface area (Å²) in [5.74, 6) is 0. The Morgan fingerprint density at radius 3 is 2.53 bits per heavy atom. The normalized spacial score (nSPS) is 10.9. The van der Waals surface area contributed by atoms with Crippen LogP contribution in [-0.2, 0) is 0 Å². The van der Waals surface area contributed by atoms with Crippen LogP contribution >= 0.6 is 0 Å². The molecule has 0 N–H and O–H groups in total. The van der Waals surface area contributed by atoms with E-state index in [4.69, 9.17) is 4.42 Å². The first-order valence-corrected chi connectivity index (χ1v) is 5.79. The number of hydrogen-bond acceptors (Lipinski definition) is 1. The van der Waals surface area contributed by atoms with E-state index in [0.29, 0.717) is 0 Å². The summed E-state index contributed by atoms with van der Waals surface area (Å²) in [6.07, 6.45) is 1.84. The van der Waals surface area contributed by atoms with Crippen LogP contribution in [0.2, 0.25) is 0 Å². The predicted molar refractivity (Wildman–Crippen MR) is 71.1 cm³/mol. The lowest BCUT2D eigenvalue weighted by atomic mass is 10.0. The number of fused-ring (bicyclic) bond motifs is 1. The van der Waals surface area contributed by atoms with E-state index in [1.165, 1.54) is 27.6 Å². The molecule has 0 radical (unpaired) electrons. The molecular formula is C16H14O. The first-order valence-electron chi connectivity index (χ1n) is 5.79. The van der Waals surface area contributed by atoms with Gasteiger partial charge in [-0.25, -0.2) is 0 Å². The number of hydrogen-bond donors (Lipinski definition) is 0. The van der Waals surface area contributed by atoms with Gasteiger partial charge in [-0.05, 0) is 36.6 Å². The van der Waals surface area contributed by atoms with Crippen molar-refractivity contribution in [1.82, 2.24) is 0 Å². The molecule has 1 heterocycles. The Kier molecular flexibility index (Phi) is 2.25. The van der Waals surface area contributed by atoms with E-state index in [1.807, 2.05) is 24.5 Å². The molecule has 0 saturated carbocycles. The third-order valence-corrected chi connectivity index (χ3v) is 3.30. The molecule has 0 bridgehead atoms. The molecule has 1 nitrogen and oxygen atoms in total. The van der Waals surface area contributed by atoms with Crippen LogP contribution in [0.3, 0.4) is 0 Å². The number of rotatable bonds is 1. The maximum absolute atomic E-state index is 5.57. The van der Waals surface area contributed by atoms with Crippen molar-refractivity contribution in [2.75, 3.05) is 0 Å². The largest absolute Gasteiger partial charge is 0.464 e. The molecule has 0 aliphatic heterocycles. The summed E-state index contributed by atoms with van der Waals surface area (Å²) in [6.45, 7) is 4.27. The molecule has 0 fully saturated rings. The highest BCUT2D eigenvalue weighted by molar-refractivity contribution is 5.93. The zero-order valence-corrected chi connectivity index (χ0v) is 10.0. The van der Waals surface area contributed by atoms with Crippen molar-refractivity contribution in [2.24, 2.45) is 0 Å². The van der Waals surface area contributed by atoms with E-state index in [0.717, 1.165) is 5.58 Å². The van der Waals surface area contributed by atoms with E-state index < -0.39 is 0 Å². The van der Waals surface area contributed by atoms with Gasteiger partial charge in [0.2, 0.25) is 0 Å². The minimum atomic E-state index is 0.945. The van der Waals surface area contributed by atoms with Gasteiger partial charge >= 0.3 is 0 Å². The highest BCUT2D eigenvalue weighted by Gasteiger charge is 2.07. The average Bonchev–Trinajstić information content (AvgIpc) is 2.76. The Morgan fingerprint density at radius 1 is 0.882 bits per heavy atom. The summed E-state index contributed by atoms with van der Waals surface area (Å²) < 4.78 is 5.57. The van der Waals surface area contributed by atoms with Crippen molar-refractivity contribution in [3.63, 3.8) is 0 Å². The molecule has 17 heavy (non-hydrogen) atoms. The van der Waals surface area contributed by atoms with Crippen molar-refractivity contribution in [2.45, 2.75) is 13.8 Å². The summed E-state index contributed by atoms with van der Waals surface area (Å²) in [4.78, 5) is 0. The molecule has 3 rings (SSSR count). The molecule has 0 saturated heterocycles. The monoisotopic (exact) mass is 222 g/mol. The van der Waals surface area contributed by atoms with Crippen molar-refractivity contribution < 1.29 is 4.42 Å². The molecule has 0 unspecified atom stereocenters. The number of para-hydroxylation sites is 1. The summed E-state index contributed by atoms with van der Waals surface area (Å²) in [5, 5.41) is 1.18. The highest BCUT2D eigenvalue weighted by atomic mass is 16.3. The van der Waals surface area contributed by atoms with Crippen LogP contribution < -0.4 is 0 Å². The fraction of sp³-hybridized carbons (Fsp3) is 0.125. The average molecular weight is 222 g/mol. The molecular weight excluding hydrogens is 208 g/mol. The van der Waals surface area contributed by atoms with Gasteiger partial charge in [-0.3, -0.25) is 0 Å². The summed E-state index contributed by atoms with van der Waals surface area (Å²) in [5.41, 5.74) is 5.97. The van der Waals surface area contributed by atoms with Gasteiger partial charge in [0.15, 0.2) is 0 Å². The van der Waals surface area contributed by atoms with Crippen LogP contribution in [0.25, 0.3) is 22.1 Å². The summed E-state index contributed by atoms with van der Waals surface area (Å²) in [6, 6.07) is 14.7. The van der Waals surface area contributed by atoms with Gasteiger partial charge in [-0.15, -0.1) is 0 Å². The van der Waals surface area contributed by atoms with Crippen LogP contribution in [0.4, 0.5) is 0 Å². The third kappa shape index (κ3) is 1.64. The summed E-state index contributed by atoms with van der Waals surface area (Å²) in [7, 11) is 0. The molecule has 0 aliphatic carbocycles. The lowest BCUT2D eigenvalue weighted by Crippen LogP contribution is -1.82. The number of furan rings is 1. The van der Waals surface area contributed by atoms with Crippen molar-refractivity contribution in [1.29, 1.82) is 0 Å². The van der Waals surface area contributed by atoms with Gasteiger partial charge in [0, 0.05) is 10.9 Å². The van der Waals surface area contributed by atoms with Crippen LogP contribution in [0.15, 0.2) is 53.1 Å². The quantitative estimate of drug-likeness (QED) is 0.580. The molecule has 0 amide bonds. The lowest BCUT2D eigenvalue weighted by molar-refractivity contribution is 0.617. The first-order chi connectivity index (χ1) is 8.25. The van der Waals surface area contributed by atoms with Crippen LogP contribution in [0.5, 0.6) is 0 Å². The minimum absolute atomic E-state index is 0.945. The van der Waals surface area contributed by atoms with Crippen LogP contribution in [0, 0.1) is 13.8 Å². The lowest BCUT2D eigenvalue weighted by Gasteiger charge is -2.03. The van der Waals surface area contributed by atoms with E-state index in [1.54, 1.807) is 0 Å². The molecule has 0 spiro atoms. The summed E-state index contributed by atoms with van der Waals surface area (Å²) >= 11 is 0. The number of aryl methyl sites for hydroxylation is 2. The van der Waals surface area contributed by atoms with Crippen molar-refractivity contribution in [3.05, 3.63) is 59.9 Å². The van der Waals surface area contributed by atoms with Gasteiger partial charge in [-0.2, -0.15) is 0 Å². The Bertz CT molecular complexity index is 677. The Labute approximate surface area is 101 Å². The van der Waals surface area contributed by atoms with E-state index in [9.17, 15) is 0 Å². The minimum Gasteiger partial charge on any atom is -0.464 e. The highest BCUT2D eigenvalue weighted by Crippen LogP contribution is 2.31. The van der Waals surface area contributed by atoms with E-state index >= 15 is 0 Å². The predicted octanol–water partition coefficient (Wildman–Crippen LogP) is 4.72. The topological polar surface area (TPSA) is 13.1 Å². The molecule has 84 valence electrons. The molecule has 2 aromatic carbocycles. The standard InChI is InChI=1S/C16H14O/c1-11-7-8-13(9-12(11)2)15-10-17-16-6-4-3-5-14(15)16/h3-10H,1-2H3. The van der Waals surface area contributed by atoms with E-state index in [-0.39, 0.29) is 0 Å². The van der Waals surface area contributed by atoms with Crippen LogP contribution in [-0.4, -0.2) is 0 Å². The second-order valence-electron chi connectivity index (χ2n) is 4.44. The Hall–Kier alpha value is -2.02. The SMILES string of the molecule is Cc1ccc(-c2coc3ccccc23)cc1C. The van der Waals surface area contributed by atoms with Gasteiger partial charge < -0.3 is 4.42 Å². The second kappa shape index (κ2) is 3.77. The maximum Gasteiger partial charge on any atom is 0.134 e. The molecule has 3 aromatic rings. The zero-order valence-electron chi connectivity index (χ0n) is 10.0. The fourth-order valence-corrected chi connectivity index (χ4v) is 2.11. The van der Waals surface area contributed by atoms with E-state index in [2.05, 4.69) is 38.1 Å².